The van der Waals surface area contributed by atoms with Gasteiger partial charge in [-0.05, 0) is 6.92 Å². The van der Waals surface area contributed by atoms with Gasteiger partial charge >= 0.3 is 5.69 Å². The van der Waals surface area contributed by atoms with E-state index in [1.54, 1.807) is 13.0 Å². The second-order valence-electron chi connectivity index (χ2n) is 3.65. The molecule has 0 saturated carbocycles. The first-order valence-corrected chi connectivity index (χ1v) is 4.77. The second kappa shape index (κ2) is 3.51. The van der Waals surface area contributed by atoms with Gasteiger partial charge in [0, 0.05) is 23.6 Å². The fraction of sp³-hybridized carbons (Fsp3) is 0.400. The largest absolute Gasteiger partial charge is 0.486 e. The van der Waals surface area contributed by atoms with Gasteiger partial charge in [-0.3, -0.25) is 10.1 Å². The maximum absolute atomic E-state index is 10.9. The van der Waals surface area contributed by atoms with E-state index in [0.29, 0.717) is 24.3 Å². The first-order chi connectivity index (χ1) is 7.11. The average Bonchev–Trinajstić information content (AvgIpc) is 2.17. The summed E-state index contributed by atoms with van der Waals surface area (Å²) in [6.07, 6.45) is 0.702. The van der Waals surface area contributed by atoms with Crippen molar-refractivity contribution in [3.05, 3.63) is 33.4 Å². The lowest BCUT2D eigenvalue weighted by Gasteiger charge is -2.22. The molecule has 2 N–H and O–H groups in total. The third-order valence-electron chi connectivity index (χ3n) is 2.62. The van der Waals surface area contributed by atoms with Gasteiger partial charge in [-0.2, -0.15) is 0 Å². The number of nitrogens with zero attached hydrogens (tertiary/aromatic N) is 1. The highest BCUT2D eigenvalue weighted by Crippen LogP contribution is 2.40. The second-order valence-corrected chi connectivity index (χ2v) is 3.65. The van der Waals surface area contributed by atoms with Crippen LogP contribution in [0.15, 0.2) is 12.1 Å². The molecule has 5 nitrogen and oxygen atoms in total. The molecule has 15 heavy (non-hydrogen) atoms. The molecule has 80 valence electrons. The molecular formula is C10H12N2O3. The minimum Gasteiger partial charge on any atom is -0.486 e. The van der Waals surface area contributed by atoms with Crippen LogP contribution in [0.4, 0.5) is 5.69 Å². The van der Waals surface area contributed by atoms with Crippen LogP contribution in [-0.2, 0) is 0 Å². The lowest BCUT2D eigenvalue weighted by atomic mass is 9.98. The molecule has 0 fully saturated rings. The summed E-state index contributed by atoms with van der Waals surface area (Å²) in [5, 5.41) is 10.9. The topological polar surface area (TPSA) is 78.4 Å². The van der Waals surface area contributed by atoms with Gasteiger partial charge in [-0.25, -0.2) is 0 Å². The van der Waals surface area contributed by atoms with Gasteiger partial charge in [0.25, 0.3) is 0 Å². The van der Waals surface area contributed by atoms with Crippen LogP contribution in [0.5, 0.6) is 5.75 Å². The summed E-state index contributed by atoms with van der Waals surface area (Å²) in [5.74, 6) is 0.346. The van der Waals surface area contributed by atoms with Gasteiger partial charge < -0.3 is 10.5 Å². The van der Waals surface area contributed by atoms with E-state index < -0.39 is 4.92 Å². The van der Waals surface area contributed by atoms with Crippen molar-refractivity contribution in [1.29, 1.82) is 0 Å². The Morgan fingerprint density at radius 3 is 3.00 bits per heavy atom. The van der Waals surface area contributed by atoms with E-state index in [1.165, 1.54) is 0 Å². The number of nitro benzene ring substituents is 1. The van der Waals surface area contributed by atoms with E-state index in [9.17, 15) is 10.1 Å². The highest BCUT2D eigenvalue weighted by atomic mass is 16.6. The van der Waals surface area contributed by atoms with Gasteiger partial charge in [-0.1, -0.05) is 12.1 Å². The molecule has 0 radical (unpaired) electrons. The van der Waals surface area contributed by atoms with E-state index >= 15 is 0 Å². The molecule has 0 saturated heterocycles. The number of aryl methyl sites for hydroxylation is 1. The molecule has 0 aromatic heterocycles. The van der Waals surface area contributed by atoms with Crippen LogP contribution in [-0.4, -0.2) is 11.5 Å². The predicted molar refractivity (Wildman–Crippen MR) is 54.9 cm³/mol. The molecule has 0 spiro atoms. The monoisotopic (exact) mass is 208 g/mol. The van der Waals surface area contributed by atoms with E-state index in [0.717, 1.165) is 5.56 Å². The van der Waals surface area contributed by atoms with Crippen LogP contribution in [0.2, 0.25) is 0 Å². The number of hydrogen-bond acceptors (Lipinski definition) is 4. The van der Waals surface area contributed by atoms with E-state index in [4.69, 9.17) is 10.5 Å². The predicted octanol–water partition coefficient (Wildman–Crippen LogP) is 1.69. The zero-order chi connectivity index (χ0) is 11.0. The minimum atomic E-state index is -0.411. The fourth-order valence-electron chi connectivity index (χ4n) is 1.80. The zero-order valence-corrected chi connectivity index (χ0v) is 8.40. The quantitative estimate of drug-likeness (QED) is 0.562. The van der Waals surface area contributed by atoms with E-state index in [1.807, 2.05) is 6.07 Å². The summed E-state index contributed by atoms with van der Waals surface area (Å²) >= 11 is 0. The van der Waals surface area contributed by atoms with Crippen molar-refractivity contribution in [3.8, 4) is 5.75 Å². The molecule has 1 aliphatic heterocycles. The molecule has 1 aromatic carbocycles. The molecule has 1 atom stereocenters. The van der Waals surface area contributed by atoms with Crippen molar-refractivity contribution >= 4 is 5.69 Å². The summed E-state index contributed by atoms with van der Waals surface area (Å²) in [7, 11) is 0. The molecule has 1 aromatic rings. The maximum atomic E-state index is 10.9. The normalized spacial score (nSPS) is 19.2. The van der Waals surface area contributed by atoms with E-state index in [2.05, 4.69) is 0 Å². The van der Waals surface area contributed by atoms with Crippen molar-refractivity contribution in [2.24, 2.45) is 5.73 Å². The Morgan fingerprint density at radius 1 is 1.60 bits per heavy atom. The third kappa shape index (κ3) is 1.55. The number of hydrogen-bond donors (Lipinski definition) is 1. The Labute approximate surface area is 87.0 Å². The van der Waals surface area contributed by atoms with Crippen LogP contribution >= 0.6 is 0 Å². The Hall–Kier alpha value is -1.62. The average molecular weight is 208 g/mol. The van der Waals surface area contributed by atoms with Crippen molar-refractivity contribution in [3.63, 3.8) is 0 Å². The lowest BCUT2D eigenvalue weighted by molar-refractivity contribution is -0.386. The van der Waals surface area contributed by atoms with Crippen molar-refractivity contribution in [2.45, 2.75) is 19.4 Å². The Morgan fingerprint density at radius 2 is 2.33 bits per heavy atom. The van der Waals surface area contributed by atoms with Gasteiger partial charge in [0.15, 0.2) is 0 Å². The van der Waals surface area contributed by atoms with Crippen molar-refractivity contribution in [1.82, 2.24) is 0 Å². The highest BCUT2D eigenvalue weighted by Gasteiger charge is 2.28. The Balaban J connectivity index is 2.63. The smallest absolute Gasteiger partial charge is 0.314 e. The van der Waals surface area contributed by atoms with Crippen LogP contribution in [0.1, 0.15) is 23.6 Å². The number of benzene rings is 1. The van der Waals surface area contributed by atoms with Crippen LogP contribution in [0.3, 0.4) is 0 Å². The van der Waals surface area contributed by atoms with Gasteiger partial charge in [0.2, 0.25) is 5.75 Å². The Kier molecular flexibility index (Phi) is 2.32. The third-order valence-corrected chi connectivity index (χ3v) is 2.62. The molecule has 0 unspecified atom stereocenters. The SMILES string of the molecule is Cc1ccc2c(c1[N+](=O)[O-])OCC[C@H]2N. The van der Waals surface area contributed by atoms with Gasteiger partial charge in [-0.15, -0.1) is 0 Å². The zero-order valence-electron chi connectivity index (χ0n) is 8.40. The van der Waals surface area contributed by atoms with Gasteiger partial charge in [0.05, 0.1) is 11.5 Å². The molecule has 1 aliphatic rings. The molecule has 1 heterocycles. The van der Waals surface area contributed by atoms with Crippen LogP contribution < -0.4 is 10.5 Å². The first-order valence-electron chi connectivity index (χ1n) is 4.77. The standard InChI is InChI=1S/C10H12N2O3/c1-6-2-3-7-8(11)4-5-15-10(7)9(6)12(13)14/h2-3,8H,4-5,11H2,1H3/t8-/m1/s1. The number of fused-ring (bicyclic) bond motifs is 1. The summed E-state index contributed by atoms with van der Waals surface area (Å²) in [6, 6.07) is 3.36. The van der Waals surface area contributed by atoms with Crippen LogP contribution in [0, 0.1) is 17.0 Å². The summed E-state index contributed by atoms with van der Waals surface area (Å²) < 4.78 is 5.35. The summed E-state index contributed by atoms with van der Waals surface area (Å²) in [4.78, 5) is 10.5. The van der Waals surface area contributed by atoms with Crippen molar-refractivity contribution < 1.29 is 9.66 Å². The number of rotatable bonds is 1. The molecule has 0 aliphatic carbocycles. The maximum Gasteiger partial charge on any atom is 0.314 e. The summed E-state index contributed by atoms with van der Waals surface area (Å²) in [6.45, 7) is 2.14. The minimum absolute atomic E-state index is 0.0441. The highest BCUT2D eigenvalue weighted by molar-refractivity contribution is 5.58. The fourth-order valence-corrected chi connectivity index (χ4v) is 1.80. The molecule has 0 amide bonds. The number of nitrogens with two attached hydrogens (primary N) is 1. The molecular weight excluding hydrogens is 196 g/mol. The van der Waals surface area contributed by atoms with Gasteiger partial charge in [0.1, 0.15) is 0 Å². The first kappa shape index (κ1) is 9.92. The molecule has 5 heteroatoms. The Bertz CT molecular complexity index is 417. The summed E-state index contributed by atoms with van der Waals surface area (Å²) in [5.41, 5.74) is 7.25. The molecule has 0 bridgehead atoms. The number of nitro groups is 1. The van der Waals surface area contributed by atoms with Crippen molar-refractivity contribution in [2.75, 3.05) is 6.61 Å². The lowest BCUT2D eigenvalue weighted by Crippen LogP contribution is -2.21. The van der Waals surface area contributed by atoms with E-state index in [-0.39, 0.29) is 11.7 Å². The number of ether oxygens (including phenoxy) is 1. The molecule has 2 rings (SSSR count). The van der Waals surface area contributed by atoms with Crippen LogP contribution in [0.25, 0.3) is 0 Å².